The van der Waals surface area contributed by atoms with Gasteiger partial charge in [-0.15, -0.1) is 0 Å². The molecule has 1 aromatic carbocycles. The van der Waals surface area contributed by atoms with Crippen molar-refractivity contribution in [3.63, 3.8) is 0 Å². The highest BCUT2D eigenvalue weighted by Gasteiger charge is 2.11. The van der Waals surface area contributed by atoms with Crippen molar-refractivity contribution < 1.29 is 13.9 Å². The lowest BCUT2D eigenvalue weighted by atomic mass is 10.2. The second-order valence-electron chi connectivity index (χ2n) is 4.07. The molecule has 1 heterocycles. The van der Waals surface area contributed by atoms with Crippen LogP contribution in [0, 0.1) is 0 Å². The summed E-state index contributed by atoms with van der Waals surface area (Å²) < 4.78 is 11.1. The van der Waals surface area contributed by atoms with E-state index in [-0.39, 0.29) is 11.1 Å². The Morgan fingerprint density at radius 3 is 2.94 bits per heavy atom. The van der Waals surface area contributed by atoms with Gasteiger partial charge in [-0.3, -0.25) is 4.79 Å². The summed E-state index contributed by atoms with van der Waals surface area (Å²) in [4.78, 5) is 11.5. The van der Waals surface area contributed by atoms with Gasteiger partial charge in [-0.25, -0.2) is 0 Å². The Morgan fingerprint density at radius 2 is 2.22 bits per heavy atom. The Kier molecular flexibility index (Phi) is 4.42. The van der Waals surface area contributed by atoms with Gasteiger partial charge in [0.2, 0.25) is 5.78 Å². The number of rotatable bonds is 6. The molecule has 2 rings (SSSR count). The van der Waals surface area contributed by atoms with E-state index in [0.717, 1.165) is 24.0 Å². The van der Waals surface area contributed by atoms with Crippen molar-refractivity contribution >= 4 is 32.7 Å². The second kappa shape index (κ2) is 6.05. The highest BCUT2D eigenvalue weighted by Crippen LogP contribution is 2.25. The maximum absolute atomic E-state index is 11.5. The third-order valence-corrected chi connectivity index (χ3v) is 3.16. The maximum atomic E-state index is 11.5. The average molecular weight is 311 g/mol. The third kappa shape index (κ3) is 2.93. The van der Waals surface area contributed by atoms with Gasteiger partial charge < -0.3 is 9.15 Å². The number of ether oxygens (including phenoxy) is 1. The number of fused-ring (bicyclic) bond motifs is 1. The molecule has 0 N–H and O–H groups in total. The first-order valence-electron chi connectivity index (χ1n) is 6.00. The highest BCUT2D eigenvalue weighted by atomic mass is 79.9. The maximum Gasteiger partial charge on any atom is 0.208 e. The first kappa shape index (κ1) is 13.1. The van der Waals surface area contributed by atoms with Crippen LogP contribution in [0.3, 0.4) is 0 Å². The molecule has 18 heavy (non-hydrogen) atoms. The van der Waals surface area contributed by atoms with Crippen LogP contribution in [0.4, 0.5) is 0 Å². The number of Topliss-reactive ketones (excluding diaryl/α,β-unsaturated/α-hetero) is 1. The highest BCUT2D eigenvalue weighted by molar-refractivity contribution is 9.09. The molecule has 96 valence electrons. The lowest BCUT2D eigenvalue weighted by Gasteiger charge is -2.04. The number of halogens is 1. The van der Waals surface area contributed by atoms with Crippen LogP contribution >= 0.6 is 15.9 Å². The summed E-state index contributed by atoms with van der Waals surface area (Å²) in [6.45, 7) is 2.83. The van der Waals surface area contributed by atoms with E-state index in [4.69, 9.17) is 9.15 Å². The topological polar surface area (TPSA) is 39.4 Å². The van der Waals surface area contributed by atoms with E-state index in [1.54, 1.807) is 6.07 Å². The van der Waals surface area contributed by atoms with Crippen LogP contribution in [-0.4, -0.2) is 17.7 Å². The Balaban J connectivity index is 2.20. The van der Waals surface area contributed by atoms with Gasteiger partial charge >= 0.3 is 0 Å². The molecule has 0 saturated carbocycles. The zero-order valence-corrected chi connectivity index (χ0v) is 11.8. The molecule has 0 aliphatic heterocycles. The van der Waals surface area contributed by atoms with Crippen molar-refractivity contribution in [1.29, 1.82) is 0 Å². The fraction of sp³-hybridized carbons (Fsp3) is 0.357. The molecule has 0 atom stereocenters. The standard InChI is InChI=1S/C14H15BrO3/c1-2-3-6-17-11-5-4-10-7-14(12(16)9-15)18-13(10)8-11/h4-5,7-8H,2-3,6,9H2,1H3. The summed E-state index contributed by atoms with van der Waals surface area (Å²) >= 11 is 3.13. The third-order valence-electron chi connectivity index (χ3n) is 2.65. The first-order valence-corrected chi connectivity index (χ1v) is 7.12. The smallest absolute Gasteiger partial charge is 0.208 e. The van der Waals surface area contributed by atoms with E-state index in [2.05, 4.69) is 22.9 Å². The molecule has 0 aliphatic rings. The van der Waals surface area contributed by atoms with Crippen molar-refractivity contribution in [2.75, 3.05) is 11.9 Å². The van der Waals surface area contributed by atoms with E-state index in [1.807, 2.05) is 18.2 Å². The lowest BCUT2D eigenvalue weighted by molar-refractivity contribution is 0.0995. The molecule has 2 aromatic rings. The first-order chi connectivity index (χ1) is 8.74. The fourth-order valence-corrected chi connectivity index (χ4v) is 1.92. The molecule has 0 amide bonds. The number of ketones is 1. The number of hydrogen-bond donors (Lipinski definition) is 0. The fourth-order valence-electron chi connectivity index (χ4n) is 1.64. The molecular formula is C14H15BrO3. The van der Waals surface area contributed by atoms with Crippen molar-refractivity contribution in [2.24, 2.45) is 0 Å². The zero-order valence-electron chi connectivity index (χ0n) is 10.2. The largest absolute Gasteiger partial charge is 0.493 e. The number of hydrogen-bond acceptors (Lipinski definition) is 3. The monoisotopic (exact) mass is 310 g/mol. The number of furan rings is 1. The summed E-state index contributed by atoms with van der Waals surface area (Å²) in [5, 5.41) is 1.19. The van der Waals surface area contributed by atoms with Gasteiger partial charge in [0.1, 0.15) is 11.3 Å². The Labute approximate surface area is 114 Å². The summed E-state index contributed by atoms with van der Waals surface area (Å²) in [6.07, 6.45) is 2.14. The minimum atomic E-state index is -0.0559. The van der Waals surface area contributed by atoms with E-state index in [1.165, 1.54) is 0 Å². The average Bonchev–Trinajstić information content (AvgIpc) is 2.81. The predicted molar refractivity (Wildman–Crippen MR) is 74.7 cm³/mol. The van der Waals surface area contributed by atoms with Crippen LogP contribution in [0.2, 0.25) is 0 Å². The molecule has 0 saturated heterocycles. The quantitative estimate of drug-likeness (QED) is 0.456. The van der Waals surface area contributed by atoms with Gasteiger partial charge in [-0.2, -0.15) is 0 Å². The van der Waals surface area contributed by atoms with Crippen LogP contribution < -0.4 is 4.74 Å². The van der Waals surface area contributed by atoms with Crippen molar-refractivity contribution in [3.8, 4) is 5.75 Å². The summed E-state index contributed by atoms with van der Waals surface area (Å²) in [5.74, 6) is 1.11. The van der Waals surface area contributed by atoms with Crippen molar-refractivity contribution in [2.45, 2.75) is 19.8 Å². The van der Waals surface area contributed by atoms with E-state index >= 15 is 0 Å². The Hall–Kier alpha value is -1.29. The molecule has 0 fully saturated rings. The second-order valence-corrected chi connectivity index (χ2v) is 4.63. The van der Waals surface area contributed by atoms with Gasteiger partial charge in [0.05, 0.1) is 11.9 Å². The molecule has 1 aromatic heterocycles. The number of unbranched alkanes of at least 4 members (excludes halogenated alkanes) is 1. The van der Waals surface area contributed by atoms with Crippen LogP contribution in [0.5, 0.6) is 5.75 Å². The van der Waals surface area contributed by atoms with Crippen LogP contribution in [0.15, 0.2) is 28.7 Å². The molecule has 0 bridgehead atoms. The molecule has 0 unspecified atom stereocenters. The Morgan fingerprint density at radius 1 is 1.39 bits per heavy atom. The summed E-state index contributed by atoms with van der Waals surface area (Å²) in [7, 11) is 0. The minimum Gasteiger partial charge on any atom is -0.493 e. The molecule has 4 heteroatoms. The molecule has 0 spiro atoms. The van der Waals surface area contributed by atoms with Crippen LogP contribution in [0.1, 0.15) is 30.3 Å². The summed E-state index contributed by atoms with van der Waals surface area (Å²) in [6, 6.07) is 7.39. The number of alkyl halides is 1. The van der Waals surface area contributed by atoms with Gasteiger partial charge in [-0.05, 0) is 24.6 Å². The van der Waals surface area contributed by atoms with E-state index in [9.17, 15) is 4.79 Å². The Bertz CT molecular complexity index is 545. The molecule has 0 aliphatic carbocycles. The molecule has 0 radical (unpaired) electrons. The van der Waals surface area contributed by atoms with Gasteiger partial charge in [0.25, 0.3) is 0 Å². The lowest BCUT2D eigenvalue weighted by Crippen LogP contribution is -1.96. The normalized spacial score (nSPS) is 10.8. The van der Waals surface area contributed by atoms with Gasteiger partial charge in [0.15, 0.2) is 5.76 Å². The zero-order chi connectivity index (χ0) is 13.0. The number of carbonyl (C=O) groups is 1. The number of carbonyl (C=O) groups excluding carboxylic acids is 1. The van der Waals surface area contributed by atoms with Gasteiger partial charge in [-0.1, -0.05) is 29.3 Å². The SMILES string of the molecule is CCCCOc1ccc2cc(C(=O)CBr)oc2c1. The van der Waals surface area contributed by atoms with Crippen molar-refractivity contribution in [3.05, 3.63) is 30.0 Å². The van der Waals surface area contributed by atoms with Crippen LogP contribution in [0.25, 0.3) is 11.0 Å². The molecule has 3 nitrogen and oxygen atoms in total. The van der Waals surface area contributed by atoms with Crippen molar-refractivity contribution in [1.82, 2.24) is 0 Å². The predicted octanol–water partition coefficient (Wildman–Crippen LogP) is 4.19. The van der Waals surface area contributed by atoms with E-state index < -0.39 is 0 Å². The minimum absolute atomic E-state index is 0.0559. The van der Waals surface area contributed by atoms with Crippen LogP contribution in [-0.2, 0) is 0 Å². The summed E-state index contributed by atoms with van der Waals surface area (Å²) in [5.41, 5.74) is 0.688. The number of benzene rings is 1. The van der Waals surface area contributed by atoms with Gasteiger partial charge in [0, 0.05) is 11.5 Å². The molecular weight excluding hydrogens is 296 g/mol. The van der Waals surface area contributed by atoms with E-state index in [0.29, 0.717) is 18.0 Å².